The Morgan fingerprint density at radius 3 is 2.88 bits per heavy atom. The maximum absolute atomic E-state index is 11.0. The average Bonchev–Trinajstić information content (AvgIpc) is 2.26. The first-order valence-electron chi connectivity index (χ1n) is 5.00. The van der Waals surface area contributed by atoms with Gasteiger partial charge in [0, 0.05) is 12.4 Å². The first kappa shape index (κ1) is 12.9. The summed E-state index contributed by atoms with van der Waals surface area (Å²) in [6.45, 7) is 1.66. The van der Waals surface area contributed by atoms with Crippen molar-refractivity contribution in [1.82, 2.24) is 9.97 Å². The van der Waals surface area contributed by atoms with Gasteiger partial charge in [-0.15, -0.1) is 11.8 Å². The van der Waals surface area contributed by atoms with Crippen LogP contribution in [0.15, 0.2) is 23.6 Å². The molecule has 0 aliphatic rings. The van der Waals surface area contributed by atoms with Gasteiger partial charge in [0.1, 0.15) is 5.03 Å². The van der Waals surface area contributed by atoms with Gasteiger partial charge in [0.25, 0.3) is 0 Å². The van der Waals surface area contributed by atoms with E-state index in [1.807, 2.05) is 0 Å². The van der Waals surface area contributed by atoms with Gasteiger partial charge in [-0.25, -0.2) is 4.98 Å². The fourth-order valence-corrected chi connectivity index (χ4v) is 1.87. The van der Waals surface area contributed by atoms with Crippen molar-refractivity contribution in [2.24, 2.45) is 11.5 Å². The second-order valence-corrected chi connectivity index (χ2v) is 4.89. The number of carbonyl (C=O) groups is 1. The first-order chi connectivity index (χ1) is 7.52. The summed E-state index contributed by atoms with van der Waals surface area (Å²) in [7, 11) is 0. The van der Waals surface area contributed by atoms with Crippen LogP contribution in [0, 0.1) is 0 Å². The number of primary amides is 1. The van der Waals surface area contributed by atoms with E-state index in [4.69, 9.17) is 11.5 Å². The third kappa shape index (κ3) is 4.16. The second kappa shape index (κ2) is 5.81. The molecule has 0 aliphatic carbocycles. The third-order valence-corrected chi connectivity index (χ3v) is 3.19. The molecule has 0 aliphatic heterocycles. The van der Waals surface area contributed by atoms with E-state index in [2.05, 4.69) is 9.97 Å². The van der Waals surface area contributed by atoms with E-state index < -0.39 is 11.4 Å². The van der Waals surface area contributed by atoms with Crippen LogP contribution in [0.2, 0.25) is 0 Å². The van der Waals surface area contributed by atoms with Gasteiger partial charge >= 0.3 is 0 Å². The van der Waals surface area contributed by atoms with Crippen molar-refractivity contribution in [3.63, 3.8) is 0 Å². The van der Waals surface area contributed by atoms with Crippen LogP contribution in [0.1, 0.15) is 19.8 Å². The molecule has 0 radical (unpaired) electrons. The molecule has 0 aromatic carbocycles. The number of carbonyl (C=O) groups excluding carboxylic acids is 1. The number of nitrogens with two attached hydrogens (primary N) is 2. The highest BCUT2D eigenvalue weighted by Gasteiger charge is 2.24. The Labute approximate surface area is 99.0 Å². The molecule has 1 unspecified atom stereocenters. The Balaban J connectivity index is 2.25. The lowest BCUT2D eigenvalue weighted by atomic mass is 9.97. The van der Waals surface area contributed by atoms with E-state index in [1.54, 1.807) is 37.3 Å². The Kier molecular flexibility index (Phi) is 4.70. The molecule has 0 fully saturated rings. The van der Waals surface area contributed by atoms with Crippen LogP contribution < -0.4 is 11.5 Å². The monoisotopic (exact) mass is 240 g/mol. The van der Waals surface area contributed by atoms with Gasteiger partial charge < -0.3 is 11.5 Å². The molecule has 88 valence electrons. The summed E-state index contributed by atoms with van der Waals surface area (Å²) < 4.78 is 0. The molecule has 1 rings (SSSR count). The summed E-state index contributed by atoms with van der Waals surface area (Å²) in [6, 6.07) is 0. The highest BCUT2D eigenvalue weighted by Crippen LogP contribution is 2.17. The fourth-order valence-electron chi connectivity index (χ4n) is 1.10. The maximum Gasteiger partial charge on any atom is 0.237 e. The Hall–Kier alpha value is -1.14. The number of hydrogen-bond acceptors (Lipinski definition) is 5. The predicted octanol–water partition coefficient (Wildman–Crippen LogP) is 0.552. The van der Waals surface area contributed by atoms with Crippen LogP contribution in [-0.4, -0.2) is 27.2 Å². The van der Waals surface area contributed by atoms with E-state index in [0.717, 1.165) is 17.2 Å². The van der Waals surface area contributed by atoms with Crippen LogP contribution in [0.5, 0.6) is 0 Å². The van der Waals surface area contributed by atoms with Crippen LogP contribution >= 0.6 is 11.8 Å². The number of nitrogens with zero attached hydrogens (tertiary/aromatic N) is 2. The molecule has 0 bridgehead atoms. The topological polar surface area (TPSA) is 94.9 Å². The first-order valence-corrected chi connectivity index (χ1v) is 5.98. The van der Waals surface area contributed by atoms with Gasteiger partial charge in [-0.3, -0.25) is 9.78 Å². The fraction of sp³-hybridized carbons (Fsp3) is 0.500. The summed E-state index contributed by atoms with van der Waals surface area (Å²) in [5, 5.41) is 0.875. The van der Waals surface area contributed by atoms with Crippen LogP contribution in [0.3, 0.4) is 0 Å². The summed E-state index contributed by atoms with van der Waals surface area (Å²) in [6.07, 6.45) is 6.39. The standard InChI is InChI=1S/C10H16N4OS/c1-10(12,9(11)15)3-2-6-16-8-7-13-4-5-14-8/h4-5,7H,2-3,6,12H2,1H3,(H2,11,15). The zero-order chi connectivity index (χ0) is 12.0. The molecule has 1 atom stereocenters. The molecule has 1 aromatic heterocycles. The van der Waals surface area contributed by atoms with E-state index in [9.17, 15) is 4.79 Å². The Bertz CT molecular complexity index is 342. The molecule has 5 nitrogen and oxygen atoms in total. The predicted molar refractivity (Wildman–Crippen MR) is 63.8 cm³/mol. The molecule has 1 aromatic rings. The lowest BCUT2D eigenvalue weighted by Gasteiger charge is -2.19. The van der Waals surface area contributed by atoms with Crippen LogP contribution in [0.4, 0.5) is 0 Å². The summed E-state index contributed by atoms with van der Waals surface area (Å²) in [5.41, 5.74) is 9.98. The number of hydrogen-bond donors (Lipinski definition) is 2. The van der Waals surface area contributed by atoms with Crippen LogP contribution in [0.25, 0.3) is 0 Å². The summed E-state index contributed by atoms with van der Waals surface area (Å²) in [4.78, 5) is 19.0. The quantitative estimate of drug-likeness (QED) is 0.559. The van der Waals surface area contributed by atoms with E-state index >= 15 is 0 Å². The SMILES string of the molecule is CC(N)(CCCSc1cnccn1)C(N)=O. The number of amides is 1. The van der Waals surface area contributed by atoms with Gasteiger partial charge in [0.05, 0.1) is 11.7 Å². The minimum absolute atomic E-state index is 0.461. The van der Waals surface area contributed by atoms with Crippen molar-refractivity contribution < 1.29 is 4.79 Å². The molecule has 0 saturated carbocycles. The van der Waals surface area contributed by atoms with Crippen molar-refractivity contribution in [3.05, 3.63) is 18.6 Å². The number of aromatic nitrogens is 2. The molecule has 1 heterocycles. The number of rotatable bonds is 6. The number of thioether (sulfide) groups is 1. The zero-order valence-corrected chi connectivity index (χ0v) is 10.0. The molecule has 0 spiro atoms. The minimum Gasteiger partial charge on any atom is -0.368 e. The molecule has 16 heavy (non-hydrogen) atoms. The van der Waals surface area contributed by atoms with E-state index in [-0.39, 0.29) is 0 Å². The lowest BCUT2D eigenvalue weighted by molar-refractivity contribution is -0.122. The highest BCUT2D eigenvalue weighted by atomic mass is 32.2. The van der Waals surface area contributed by atoms with Crippen molar-refractivity contribution in [2.45, 2.75) is 30.3 Å². The van der Waals surface area contributed by atoms with Crippen molar-refractivity contribution in [2.75, 3.05) is 5.75 Å². The van der Waals surface area contributed by atoms with E-state index in [0.29, 0.717) is 6.42 Å². The molecular weight excluding hydrogens is 224 g/mol. The molecule has 1 amide bonds. The smallest absolute Gasteiger partial charge is 0.237 e. The van der Waals surface area contributed by atoms with Gasteiger partial charge in [-0.05, 0) is 25.5 Å². The van der Waals surface area contributed by atoms with Crippen molar-refractivity contribution in [3.8, 4) is 0 Å². The average molecular weight is 240 g/mol. The normalized spacial score (nSPS) is 14.4. The third-order valence-electron chi connectivity index (χ3n) is 2.19. The lowest BCUT2D eigenvalue weighted by Crippen LogP contribution is -2.49. The van der Waals surface area contributed by atoms with Gasteiger partial charge in [0.15, 0.2) is 0 Å². The van der Waals surface area contributed by atoms with E-state index in [1.165, 1.54) is 0 Å². The van der Waals surface area contributed by atoms with Crippen molar-refractivity contribution >= 4 is 17.7 Å². The molecular formula is C10H16N4OS. The Morgan fingerprint density at radius 1 is 1.56 bits per heavy atom. The van der Waals surface area contributed by atoms with Crippen LogP contribution in [-0.2, 0) is 4.79 Å². The Morgan fingerprint density at radius 2 is 2.31 bits per heavy atom. The second-order valence-electron chi connectivity index (χ2n) is 3.78. The van der Waals surface area contributed by atoms with Gasteiger partial charge in [0.2, 0.25) is 5.91 Å². The molecule has 0 saturated heterocycles. The summed E-state index contributed by atoms with van der Waals surface area (Å²) in [5.74, 6) is 0.385. The zero-order valence-electron chi connectivity index (χ0n) is 9.22. The van der Waals surface area contributed by atoms with Crippen molar-refractivity contribution in [1.29, 1.82) is 0 Å². The highest BCUT2D eigenvalue weighted by molar-refractivity contribution is 7.99. The largest absolute Gasteiger partial charge is 0.368 e. The van der Waals surface area contributed by atoms with Gasteiger partial charge in [-0.1, -0.05) is 0 Å². The maximum atomic E-state index is 11.0. The summed E-state index contributed by atoms with van der Waals surface area (Å²) >= 11 is 1.59. The molecule has 6 heteroatoms. The molecule has 4 N–H and O–H groups in total. The van der Waals surface area contributed by atoms with Gasteiger partial charge in [-0.2, -0.15) is 0 Å². The minimum atomic E-state index is -0.914.